The Morgan fingerprint density at radius 3 is 2.47 bits per heavy atom. The summed E-state index contributed by atoms with van der Waals surface area (Å²) < 4.78 is 6.77. The minimum absolute atomic E-state index is 0.564. The Bertz CT molecular complexity index is 508. The van der Waals surface area contributed by atoms with Crippen molar-refractivity contribution in [2.45, 2.75) is 13.5 Å². The lowest BCUT2D eigenvalue weighted by atomic mass is 10.2. The lowest BCUT2D eigenvalue weighted by Gasteiger charge is -2.07. The molecular formula is C14H12BrClO. The van der Waals surface area contributed by atoms with Gasteiger partial charge in [-0.15, -0.1) is 0 Å². The van der Waals surface area contributed by atoms with E-state index < -0.39 is 0 Å². The minimum Gasteiger partial charge on any atom is -0.489 e. The second-order valence-corrected chi connectivity index (χ2v) is 5.15. The molecule has 0 aliphatic heterocycles. The van der Waals surface area contributed by atoms with E-state index in [1.807, 2.05) is 49.4 Å². The summed E-state index contributed by atoms with van der Waals surface area (Å²) in [6.07, 6.45) is 0. The van der Waals surface area contributed by atoms with E-state index in [0.29, 0.717) is 6.61 Å². The fraction of sp³-hybridized carbons (Fsp3) is 0.143. The Balaban J connectivity index is 2.02. The van der Waals surface area contributed by atoms with Crippen LogP contribution in [0.5, 0.6) is 5.75 Å². The normalized spacial score (nSPS) is 10.3. The number of hydrogen-bond donors (Lipinski definition) is 0. The minimum atomic E-state index is 0.564. The van der Waals surface area contributed by atoms with Gasteiger partial charge < -0.3 is 4.74 Å². The van der Waals surface area contributed by atoms with Gasteiger partial charge in [0.1, 0.15) is 12.4 Å². The van der Waals surface area contributed by atoms with E-state index in [9.17, 15) is 0 Å². The van der Waals surface area contributed by atoms with Crippen LogP contribution in [0.15, 0.2) is 46.9 Å². The molecule has 0 aliphatic carbocycles. The van der Waals surface area contributed by atoms with E-state index in [1.165, 1.54) is 0 Å². The zero-order valence-corrected chi connectivity index (χ0v) is 11.8. The van der Waals surface area contributed by atoms with Crippen molar-refractivity contribution in [1.82, 2.24) is 0 Å². The van der Waals surface area contributed by atoms with Crippen molar-refractivity contribution < 1.29 is 4.74 Å². The van der Waals surface area contributed by atoms with Crippen LogP contribution in [0.3, 0.4) is 0 Å². The molecule has 0 atom stereocenters. The molecule has 17 heavy (non-hydrogen) atoms. The summed E-state index contributed by atoms with van der Waals surface area (Å²) in [6.45, 7) is 2.53. The molecule has 0 N–H and O–H groups in total. The third-order valence-electron chi connectivity index (χ3n) is 2.45. The Kier molecular flexibility index (Phi) is 4.08. The highest BCUT2D eigenvalue weighted by Crippen LogP contribution is 2.22. The Morgan fingerprint density at radius 1 is 1.12 bits per heavy atom. The summed E-state index contributed by atoms with van der Waals surface area (Å²) in [4.78, 5) is 0. The first-order valence-electron chi connectivity index (χ1n) is 5.28. The molecule has 0 spiro atoms. The maximum atomic E-state index is 5.95. The van der Waals surface area contributed by atoms with Crippen molar-refractivity contribution in [3.63, 3.8) is 0 Å². The monoisotopic (exact) mass is 310 g/mol. The predicted octanol–water partition coefficient (Wildman–Crippen LogP) is 4.99. The molecule has 2 aromatic carbocycles. The molecule has 0 amide bonds. The maximum absolute atomic E-state index is 5.95. The molecule has 0 fully saturated rings. The van der Waals surface area contributed by atoms with E-state index in [0.717, 1.165) is 26.4 Å². The third kappa shape index (κ3) is 3.48. The Morgan fingerprint density at radius 2 is 1.82 bits per heavy atom. The van der Waals surface area contributed by atoms with Gasteiger partial charge in [-0.1, -0.05) is 39.7 Å². The second kappa shape index (κ2) is 5.56. The fourth-order valence-corrected chi connectivity index (χ4v) is 1.84. The molecule has 2 aromatic rings. The van der Waals surface area contributed by atoms with E-state index in [1.54, 1.807) is 0 Å². The van der Waals surface area contributed by atoms with Gasteiger partial charge in [0.15, 0.2) is 0 Å². The van der Waals surface area contributed by atoms with E-state index >= 15 is 0 Å². The molecule has 0 aliphatic rings. The van der Waals surface area contributed by atoms with E-state index in [2.05, 4.69) is 15.9 Å². The van der Waals surface area contributed by atoms with Gasteiger partial charge in [-0.25, -0.2) is 0 Å². The van der Waals surface area contributed by atoms with Crippen LogP contribution < -0.4 is 4.74 Å². The van der Waals surface area contributed by atoms with Crippen LogP contribution in [-0.2, 0) is 6.61 Å². The van der Waals surface area contributed by atoms with Crippen molar-refractivity contribution in [2.24, 2.45) is 0 Å². The van der Waals surface area contributed by atoms with Gasteiger partial charge in [0.2, 0.25) is 0 Å². The summed E-state index contributed by atoms with van der Waals surface area (Å²) in [5.41, 5.74) is 2.17. The first kappa shape index (κ1) is 12.5. The first-order valence-corrected chi connectivity index (χ1v) is 6.45. The first-order chi connectivity index (χ1) is 8.15. The number of aryl methyl sites for hydroxylation is 1. The Hall–Kier alpha value is -0.990. The summed E-state index contributed by atoms with van der Waals surface area (Å²) in [5, 5.41) is 0.765. The van der Waals surface area contributed by atoms with Crippen molar-refractivity contribution in [2.75, 3.05) is 0 Å². The van der Waals surface area contributed by atoms with E-state index in [-0.39, 0.29) is 0 Å². The number of rotatable bonds is 3. The van der Waals surface area contributed by atoms with Gasteiger partial charge in [0.05, 0.1) is 0 Å². The number of benzene rings is 2. The lowest BCUT2D eigenvalue weighted by molar-refractivity contribution is 0.306. The highest BCUT2D eigenvalue weighted by atomic mass is 79.9. The summed E-state index contributed by atoms with van der Waals surface area (Å²) >= 11 is 9.36. The second-order valence-electron chi connectivity index (χ2n) is 3.83. The zero-order chi connectivity index (χ0) is 12.3. The third-order valence-corrected chi connectivity index (χ3v) is 3.40. The molecular weight excluding hydrogens is 300 g/mol. The molecule has 0 saturated heterocycles. The van der Waals surface area contributed by atoms with Gasteiger partial charge in [-0.2, -0.15) is 0 Å². The van der Waals surface area contributed by atoms with Crippen LogP contribution in [0, 0.1) is 6.92 Å². The van der Waals surface area contributed by atoms with Crippen LogP contribution in [-0.4, -0.2) is 0 Å². The van der Waals surface area contributed by atoms with Crippen LogP contribution in [0.1, 0.15) is 11.1 Å². The van der Waals surface area contributed by atoms with Crippen LogP contribution >= 0.6 is 27.5 Å². The quantitative estimate of drug-likeness (QED) is 0.776. The van der Waals surface area contributed by atoms with Crippen molar-refractivity contribution in [3.05, 3.63) is 63.1 Å². The number of halogens is 2. The molecule has 0 aromatic heterocycles. The summed E-state index contributed by atoms with van der Waals surface area (Å²) in [5.74, 6) is 0.842. The molecule has 1 nitrogen and oxygen atoms in total. The van der Waals surface area contributed by atoms with Gasteiger partial charge >= 0.3 is 0 Å². The standard InChI is InChI=1S/C14H12BrClO/c1-10-8-13(6-7-14(10)16)17-9-11-2-4-12(15)5-3-11/h2-8H,9H2,1H3. The zero-order valence-electron chi connectivity index (χ0n) is 9.41. The van der Waals surface area contributed by atoms with Crippen LogP contribution in [0.2, 0.25) is 5.02 Å². The van der Waals surface area contributed by atoms with Crippen molar-refractivity contribution >= 4 is 27.5 Å². The van der Waals surface area contributed by atoms with Crippen LogP contribution in [0.25, 0.3) is 0 Å². The van der Waals surface area contributed by atoms with E-state index in [4.69, 9.17) is 16.3 Å². The van der Waals surface area contributed by atoms with Crippen LogP contribution in [0.4, 0.5) is 0 Å². The SMILES string of the molecule is Cc1cc(OCc2ccc(Br)cc2)ccc1Cl. The lowest BCUT2D eigenvalue weighted by Crippen LogP contribution is -1.95. The largest absolute Gasteiger partial charge is 0.489 e. The molecule has 3 heteroatoms. The average molecular weight is 312 g/mol. The number of hydrogen-bond acceptors (Lipinski definition) is 1. The molecule has 0 heterocycles. The van der Waals surface area contributed by atoms with Crippen molar-refractivity contribution in [3.8, 4) is 5.75 Å². The Labute approximate surface area is 115 Å². The highest BCUT2D eigenvalue weighted by molar-refractivity contribution is 9.10. The smallest absolute Gasteiger partial charge is 0.120 e. The number of ether oxygens (including phenoxy) is 1. The summed E-state index contributed by atoms with van der Waals surface area (Å²) in [7, 11) is 0. The molecule has 88 valence electrons. The van der Waals surface area contributed by atoms with Gasteiger partial charge in [0.25, 0.3) is 0 Å². The fourth-order valence-electron chi connectivity index (χ4n) is 1.45. The topological polar surface area (TPSA) is 9.23 Å². The van der Waals surface area contributed by atoms with Gasteiger partial charge in [-0.3, -0.25) is 0 Å². The van der Waals surface area contributed by atoms with Crippen molar-refractivity contribution in [1.29, 1.82) is 0 Å². The average Bonchev–Trinajstić information content (AvgIpc) is 2.33. The molecule has 0 radical (unpaired) electrons. The molecule has 2 rings (SSSR count). The summed E-state index contributed by atoms with van der Waals surface area (Å²) in [6, 6.07) is 13.8. The molecule has 0 bridgehead atoms. The maximum Gasteiger partial charge on any atom is 0.120 e. The predicted molar refractivity (Wildman–Crippen MR) is 74.7 cm³/mol. The van der Waals surface area contributed by atoms with Gasteiger partial charge in [-0.05, 0) is 48.4 Å². The van der Waals surface area contributed by atoms with Gasteiger partial charge in [0, 0.05) is 9.50 Å². The molecule has 0 saturated carbocycles. The molecule has 0 unspecified atom stereocenters. The highest BCUT2D eigenvalue weighted by Gasteiger charge is 1.99.